The SMILES string of the molecule is COC(=O)NC(C(=O)NN(Cc1ccc(-c2ccccn2)cc1)CC(O)CN)C(C)(C)C.Cc1ccccc1. The summed E-state index contributed by atoms with van der Waals surface area (Å²) in [7, 11) is 1.24. The van der Waals surface area contributed by atoms with Crippen LogP contribution in [0.4, 0.5) is 4.79 Å². The second-order valence-electron chi connectivity index (χ2n) is 10.2. The number of alkyl carbamates (subject to hydrolysis) is 1. The molecule has 0 aliphatic heterocycles. The van der Waals surface area contributed by atoms with Crippen molar-refractivity contribution < 1.29 is 19.4 Å². The second-order valence-corrected chi connectivity index (χ2v) is 10.2. The van der Waals surface area contributed by atoms with Gasteiger partial charge in [-0.1, -0.05) is 87.0 Å². The summed E-state index contributed by atoms with van der Waals surface area (Å²) >= 11 is 0. The van der Waals surface area contributed by atoms with E-state index in [0.29, 0.717) is 6.54 Å². The molecule has 0 aliphatic carbocycles. The maximum Gasteiger partial charge on any atom is 0.407 e. The van der Waals surface area contributed by atoms with Gasteiger partial charge in [0, 0.05) is 31.4 Å². The number of carbonyl (C=O) groups is 2. The van der Waals surface area contributed by atoms with E-state index >= 15 is 0 Å². The van der Waals surface area contributed by atoms with Gasteiger partial charge in [-0.2, -0.15) is 0 Å². The minimum absolute atomic E-state index is 0.0497. The highest BCUT2D eigenvalue weighted by atomic mass is 16.5. The number of pyridine rings is 1. The first-order chi connectivity index (χ1) is 18.5. The van der Waals surface area contributed by atoms with Crippen LogP contribution < -0.4 is 16.5 Å². The zero-order valence-electron chi connectivity index (χ0n) is 23.4. The van der Waals surface area contributed by atoms with E-state index in [-0.39, 0.29) is 13.1 Å². The minimum Gasteiger partial charge on any atom is -0.453 e. The lowest BCUT2D eigenvalue weighted by Gasteiger charge is -2.33. The fourth-order valence-electron chi connectivity index (χ4n) is 3.62. The molecule has 0 fully saturated rings. The number of amides is 2. The quantitative estimate of drug-likeness (QED) is 0.308. The van der Waals surface area contributed by atoms with Crippen molar-refractivity contribution in [1.82, 2.24) is 20.7 Å². The summed E-state index contributed by atoms with van der Waals surface area (Å²) in [4.78, 5) is 29.1. The lowest BCUT2D eigenvalue weighted by Crippen LogP contribution is -2.58. The molecule has 0 saturated carbocycles. The fraction of sp³-hybridized carbons (Fsp3) is 0.367. The van der Waals surface area contributed by atoms with E-state index in [0.717, 1.165) is 16.8 Å². The zero-order valence-corrected chi connectivity index (χ0v) is 23.4. The molecule has 2 unspecified atom stereocenters. The van der Waals surface area contributed by atoms with Crippen molar-refractivity contribution in [2.24, 2.45) is 11.1 Å². The number of hydrazine groups is 1. The molecular formula is C30H41N5O4. The summed E-state index contributed by atoms with van der Waals surface area (Å²) in [6.07, 6.45) is 0.214. The molecule has 1 aromatic heterocycles. The molecule has 3 aromatic rings. The number of benzene rings is 2. The smallest absolute Gasteiger partial charge is 0.407 e. The van der Waals surface area contributed by atoms with E-state index in [2.05, 4.69) is 39.5 Å². The van der Waals surface area contributed by atoms with Crippen LogP contribution in [0.15, 0.2) is 79.0 Å². The first-order valence-electron chi connectivity index (χ1n) is 12.8. The summed E-state index contributed by atoms with van der Waals surface area (Å²) in [6.45, 7) is 8.10. The molecule has 3 rings (SSSR count). The number of nitrogens with zero attached hydrogens (tertiary/aromatic N) is 2. The molecule has 0 aliphatic rings. The van der Waals surface area contributed by atoms with Crippen molar-refractivity contribution in [3.05, 3.63) is 90.1 Å². The Kier molecular flexibility index (Phi) is 12.6. The minimum atomic E-state index is -0.848. The van der Waals surface area contributed by atoms with E-state index in [1.807, 2.05) is 81.4 Å². The first kappa shape index (κ1) is 31.4. The fourth-order valence-corrected chi connectivity index (χ4v) is 3.62. The molecular weight excluding hydrogens is 494 g/mol. The van der Waals surface area contributed by atoms with Crippen molar-refractivity contribution in [3.63, 3.8) is 0 Å². The van der Waals surface area contributed by atoms with Crippen LogP contribution >= 0.6 is 0 Å². The number of nitrogens with two attached hydrogens (primary N) is 1. The summed E-state index contributed by atoms with van der Waals surface area (Å²) in [5, 5.41) is 14.2. The number of aliphatic hydroxyl groups excluding tert-OH is 1. The van der Waals surface area contributed by atoms with Gasteiger partial charge in [-0.05, 0) is 30.0 Å². The highest BCUT2D eigenvalue weighted by molar-refractivity contribution is 5.86. The maximum atomic E-state index is 13.0. The van der Waals surface area contributed by atoms with Crippen LogP contribution in [0, 0.1) is 12.3 Å². The van der Waals surface area contributed by atoms with Gasteiger partial charge in [-0.25, -0.2) is 9.80 Å². The van der Waals surface area contributed by atoms with E-state index in [4.69, 9.17) is 5.73 Å². The van der Waals surface area contributed by atoms with Gasteiger partial charge in [-0.3, -0.25) is 15.2 Å². The third-order valence-electron chi connectivity index (χ3n) is 5.78. The molecule has 0 bridgehead atoms. The zero-order chi connectivity index (χ0) is 28.8. The number of aryl methyl sites for hydroxylation is 1. The van der Waals surface area contributed by atoms with Crippen LogP contribution in [0.25, 0.3) is 11.3 Å². The van der Waals surface area contributed by atoms with Crippen LogP contribution in [0.1, 0.15) is 31.9 Å². The molecule has 39 heavy (non-hydrogen) atoms. The molecule has 2 aromatic carbocycles. The van der Waals surface area contributed by atoms with Crippen LogP contribution in [0.2, 0.25) is 0 Å². The summed E-state index contributed by atoms with van der Waals surface area (Å²) < 4.78 is 4.65. The number of methoxy groups -OCH3 is 1. The average molecular weight is 536 g/mol. The van der Waals surface area contributed by atoms with Gasteiger partial charge in [0.25, 0.3) is 5.91 Å². The number of carbonyl (C=O) groups excluding carboxylic acids is 2. The van der Waals surface area contributed by atoms with Gasteiger partial charge in [-0.15, -0.1) is 0 Å². The summed E-state index contributed by atoms with van der Waals surface area (Å²) in [5.74, 6) is -0.419. The summed E-state index contributed by atoms with van der Waals surface area (Å²) in [6, 6.07) is 22.9. The van der Waals surface area contributed by atoms with Crippen LogP contribution in [-0.2, 0) is 16.1 Å². The van der Waals surface area contributed by atoms with Crippen molar-refractivity contribution in [2.45, 2.75) is 46.4 Å². The van der Waals surface area contributed by atoms with Crippen LogP contribution in [-0.4, -0.2) is 59.4 Å². The molecule has 2 amide bonds. The number of aliphatic hydroxyl groups is 1. The lowest BCUT2D eigenvalue weighted by molar-refractivity contribution is -0.131. The van der Waals surface area contributed by atoms with Crippen molar-refractivity contribution >= 4 is 12.0 Å². The number of hydrogen-bond donors (Lipinski definition) is 4. The Morgan fingerprint density at radius 2 is 1.67 bits per heavy atom. The standard InChI is InChI=1S/C23H33N5O4.C7H8/c1-23(2,3)20(26-22(31)32-4)21(30)27-28(15-18(29)13-24)14-16-8-10-17(11-9-16)19-7-5-6-12-25-19;1-7-5-3-2-4-6-7/h5-12,18,20,29H,13-15,24H2,1-4H3,(H,26,31)(H,27,30);2-6H,1H3. The Bertz CT molecular complexity index is 1140. The first-order valence-corrected chi connectivity index (χ1v) is 12.8. The van der Waals surface area contributed by atoms with Crippen LogP contribution in [0.5, 0.6) is 0 Å². The number of ether oxygens (including phenoxy) is 1. The van der Waals surface area contributed by atoms with E-state index in [9.17, 15) is 14.7 Å². The van der Waals surface area contributed by atoms with Crippen LogP contribution in [0.3, 0.4) is 0 Å². The Morgan fingerprint density at radius 3 is 2.15 bits per heavy atom. The number of nitrogens with one attached hydrogen (secondary N) is 2. The maximum absolute atomic E-state index is 13.0. The predicted octanol–water partition coefficient (Wildman–Crippen LogP) is 3.67. The van der Waals surface area contributed by atoms with Gasteiger partial charge in [0.2, 0.25) is 0 Å². The number of rotatable bonds is 9. The largest absolute Gasteiger partial charge is 0.453 e. The summed E-state index contributed by atoms with van der Waals surface area (Å²) in [5.41, 5.74) is 11.9. The molecule has 0 saturated heterocycles. The highest BCUT2D eigenvalue weighted by Crippen LogP contribution is 2.21. The molecule has 210 valence electrons. The highest BCUT2D eigenvalue weighted by Gasteiger charge is 2.34. The van der Waals surface area contributed by atoms with E-state index in [1.165, 1.54) is 12.7 Å². The van der Waals surface area contributed by atoms with E-state index in [1.54, 1.807) is 11.2 Å². The van der Waals surface area contributed by atoms with E-state index < -0.39 is 29.6 Å². The molecule has 9 nitrogen and oxygen atoms in total. The third-order valence-corrected chi connectivity index (χ3v) is 5.78. The number of aromatic nitrogens is 1. The molecule has 9 heteroatoms. The Balaban J connectivity index is 0.000000658. The Morgan fingerprint density at radius 1 is 1.03 bits per heavy atom. The van der Waals surface area contributed by atoms with Gasteiger partial charge >= 0.3 is 6.09 Å². The monoisotopic (exact) mass is 535 g/mol. The topological polar surface area (TPSA) is 130 Å². The van der Waals surface area contributed by atoms with Gasteiger partial charge in [0.05, 0.1) is 18.9 Å². The van der Waals surface area contributed by atoms with Gasteiger partial charge in [0.1, 0.15) is 6.04 Å². The lowest BCUT2D eigenvalue weighted by atomic mass is 9.86. The molecule has 1 heterocycles. The second kappa shape index (κ2) is 15.6. The average Bonchev–Trinajstić information content (AvgIpc) is 2.92. The number of hydrogen-bond acceptors (Lipinski definition) is 7. The molecule has 0 radical (unpaired) electrons. The van der Waals surface area contributed by atoms with Crippen molar-refractivity contribution in [1.29, 1.82) is 0 Å². The molecule has 5 N–H and O–H groups in total. The normalized spacial score (nSPS) is 12.5. The Labute approximate surface area is 231 Å². The van der Waals surface area contributed by atoms with Crippen molar-refractivity contribution in [2.75, 3.05) is 20.2 Å². The van der Waals surface area contributed by atoms with Gasteiger partial charge < -0.3 is 20.9 Å². The third kappa shape index (κ3) is 11.2. The van der Waals surface area contributed by atoms with Gasteiger partial charge in [0.15, 0.2) is 0 Å². The molecule has 2 atom stereocenters. The Hall–Kier alpha value is -3.79. The predicted molar refractivity (Wildman–Crippen MR) is 153 cm³/mol. The van der Waals surface area contributed by atoms with Crippen molar-refractivity contribution in [3.8, 4) is 11.3 Å². The molecule has 0 spiro atoms.